The van der Waals surface area contributed by atoms with Crippen molar-refractivity contribution >= 4 is 5.69 Å². The zero-order valence-electron chi connectivity index (χ0n) is 11.7. The van der Waals surface area contributed by atoms with Crippen molar-refractivity contribution in [2.75, 3.05) is 12.4 Å². The summed E-state index contributed by atoms with van der Waals surface area (Å²) in [4.78, 5) is 0. The van der Waals surface area contributed by atoms with E-state index in [9.17, 15) is 0 Å². The largest absolute Gasteiger partial charge is 0.355 e. The number of nitrogens with one attached hydrogen (secondary N) is 1. The Morgan fingerprint density at radius 3 is 2.44 bits per heavy atom. The average molecular weight is 244 g/mol. The summed E-state index contributed by atoms with van der Waals surface area (Å²) in [5, 5.41) is 3.49. The first-order valence-corrected chi connectivity index (χ1v) is 6.76. The maximum Gasteiger partial charge on any atom is 0.0420 e. The Hall–Kier alpha value is -1.54. The van der Waals surface area contributed by atoms with Gasteiger partial charge in [0.1, 0.15) is 0 Å². The molecule has 0 bridgehead atoms. The summed E-state index contributed by atoms with van der Waals surface area (Å²) in [6.45, 7) is 4.00. The molecule has 18 heavy (non-hydrogen) atoms. The normalized spacial score (nSPS) is 15.1. The van der Waals surface area contributed by atoms with Crippen LogP contribution < -0.4 is 11.1 Å². The minimum absolute atomic E-state index is 1.09. The van der Waals surface area contributed by atoms with Gasteiger partial charge in [-0.3, -0.25) is 0 Å². The fourth-order valence-corrected chi connectivity index (χ4v) is 2.17. The SMILES string of the molecule is C1=C2Cc3ccccc3NC2=CCC1.CC.CN. The van der Waals surface area contributed by atoms with Gasteiger partial charge >= 0.3 is 0 Å². The first-order valence-electron chi connectivity index (χ1n) is 6.76. The summed E-state index contributed by atoms with van der Waals surface area (Å²) in [5.74, 6) is 0. The van der Waals surface area contributed by atoms with Crippen LogP contribution in [-0.4, -0.2) is 7.05 Å². The molecule has 3 rings (SSSR count). The van der Waals surface area contributed by atoms with E-state index in [-0.39, 0.29) is 0 Å². The maximum atomic E-state index is 4.50. The highest BCUT2D eigenvalue weighted by atomic mass is 14.9. The van der Waals surface area contributed by atoms with Crippen molar-refractivity contribution in [2.45, 2.75) is 33.1 Å². The molecule has 1 aliphatic carbocycles. The molecule has 0 fully saturated rings. The molecule has 0 saturated carbocycles. The number of allylic oxidation sites excluding steroid dienone is 3. The molecule has 1 aliphatic heterocycles. The molecule has 1 aromatic rings. The second-order valence-electron chi connectivity index (χ2n) is 3.88. The Balaban J connectivity index is 0.000000371. The van der Waals surface area contributed by atoms with Gasteiger partial charge in [-0.05, 0) is 37.1 Å². The van der Waals surface area contributed by atoms with Crippen molar-refractivity contribution in [2.24, 2.45) is 5.73 Å². The lowest BCUT2D eigenvalue weighted by Gasteiger charge is -2.25. The summed E-state index contributed by atoms with van der Waals surface area (Å²) >= 11 is 0. The van der Waals surface area contributed by atoms with Crippen molar-refractivity contribution in [1.29, 1.82) is 0 Å². The molecule has 0 radical (unpaired) electrons. The Morgan fingerprint density at radius 2 is 1.67 bits per heavy atom. The van der Waals surface area contributed by atoms with Gasteiger partial charge in [-0.15, -0.1) is 0 Å². The molecular formula is C16H24N2. The molecule has 0 amide bonds. The Labute approximate surface area is 111 Å². The molecular weight excluding hydrogens is 220 g/mol. The van der Waals surface area contributed by atoms with Crippen molar-refractivity contribution in [3.63, 3.8) is 0 Å². The lowest BCUT2D eigenvalue weighted by Crippen LogP contribution is -2.14. The van der Waals surface area contributed by atoms with Gasteiger partial charge in [0, 0.05) is 17.8 Å². The molecule has 0 spiro atoms. The smallest absolute Gasteiger partial charge is 0.0420 e. The highest BCUT2D eigenvalue weighted by molar-refractivity contribution is 5.64. The molecule has 0 aromatic heterocycles. The Morgan fingerprint density at radius 1 is 1.00 bits per heavy atom. The van der Waals surface area contributed by atoms with Gasteiger partial charge in [-0.2, -0.15) is 0 Å². The molecule has 1 heterocycles. The Kier molecular flexibility index (Phi) is 6.23. The topological polar surface area (TPSA) is 38.0 Å². The van der Waals surface area contributed by atoms with Crippen LogP contribution in [0.3, 0.4) is 0 Å². The molecule has 0 saturated heterocycles. The number of para-hydroxylation sites is 1. The van der Waals surface area contributed by atoms with Crippen LogP contribution in [-0.2, 0) is 6.42 Å². The van der Waals surface area contributed by atoms with E-state index in [1.54, 1.807) is 0 Å². The van der Waals surface area contributed by atoms with E-state index in [2.05, 4.69) is 47.5 Å². The van der Waals surface area contributed by atoms with Gasteiger partial charge in [0.15, 0.2) is 0 Å². The minimum atomic E-state index is 1.09. The minimum Gasteiger partial charge on any atom is -0.355 e. The van der Waals surface area contributed by atoms with E-state index in [4.69, 9.17) is 0 Å². The average Bonchev–Trinajstić information content (AvgIpc) is 2.49. The van der Waals surface area contributed by atoms with Gasteiger partial charge in [0.05, 0.1) is 0 Å². The monoisotopic (exact) mass is 244 g/mol. The van der Waals surface area contributed by atoms with E-state index in [1.807, 2.05) is 13.8 Å². The quantitative estimate of drug-likeness (QED) is 0.727. The van der Waals surface area contributed by atoms with Crippen molar-refractivity contribution in [1.82, 2.24) is 0 Å². The summed E-state index contributed by atoms with van der Waals surface area (Å²) in [5.41, 5.74) is 9.99. The lowest BCUT2D eigenvalue weighted by atomic mass is 9.92. The van der Waals surface area contributed by atoms with Gasteiger partial charge in [-0.25, -0.2) is 0 Å². The third-order valence-electron chi connectivity index (χ3n) is 2.92. The van der Waals surface area contributed by atoms with Gasteiger partial charge in [-0.1, -0.05) is 44.2 Å². The number of hydrogen-bond acceptors (Lipinski definition) is 2. The van der Waals surface area contributed by atoms with Gasteiger partial charge in [0.25, 0.3) is 0 Å². The molecule has 3 N–H and O–H groups in total. The summed E-state index contributed by atoms with van der Waals surface area (Å²) in [7, 11) is 1.50. The number of benzene rings is 1. The second-order valence-corrected chi connectivity index (χ2v) is 3.88. The highest BCUT2D eigenvalue weighted by Gasteiger charge is 2.17. The maximum absolute atomic E-state index is 4.50. The number of fused-ring (bicyclic) bond motifs is 2. The lowest BCUT2D eigenvalue weighted by molar-refractivity contribution is 0.951. The van der Waals surface area contributed by atoms with E-state index in [0.717, 1.165) is 6.42 Å². The molecule has 98 valence electrons. The van der Waals surface area contributed by atoms with E-state index in [1.165, 1.54) is 42.4 Å². The second kappa shape index (κ2) is 7.72. The van der Waals surface area contributed by atoms with Crippen LogP contribution in [0.1, 0.15) is 32.3 Å². The van der Waals surface area contributed by atoms with Crippen molar-refractivity contribution < 1.29 is 0 Å². The van der Waals surface area contributed by atoms with Crippen LogP contribution in [0.5, 0.6) is 0 Å². The highest BCUT2D eigenvalue weighted by Crippen LogP contribution is 2.32. The number of anilines is 1. The molecule has 1 aromatic carbocycles. The first kappa shape index (κ1) is 14.5. The zero-order chi connectivity index (χ0) is 13.4. The van der Waals surface area contributed by atoms with Crippen LogP contribution >= 0.6 is 0 Å². The van der Waals surface area contributed by atoms with Crippen LogP contribution in [0.25, 0.3) is 0 Å². The zero-order valence-corrected chi connectivity index (χ0v) is 11.7. The predicted octanol–water partition coefficient (Wildman–Crippen LogP) is 3.86. The summed E-state index contributed by atoms with van der Waals surface area (Å²) < 4.78 is 0. The van der Waals surface area contributed by atoms with Crippen LogP contribution in [0.4, 0.5) is 5.69 Å². The fourth-order valence-electron chi connectivity index (χ4n) is 2.17. The van der Waals surface area contributed by atoms with E-state index >= 15 is 0 Å². The molecule has 2 heteroatoms. The van der Waals surface area contributed by atoms with E-state index in [0.29, 0.717) is 0 Å². The van der Waals surface area contributed by atoms with Crippen molar-refractivity contribution in [3.05, 3.63) is 53.3 Å². The Bertz CT molecular complexity index is 389. The third-order valence-corrected chi connectivity index (χ3v) is 2.92. The molecule has 2 nitrogen and oxygen atoms in total. The van der Waals surface area contributed by atoms with E-state index < -0.39 is 0 Å². The van der Waals surface area contributed by atoms with Crippen LogP contribution in [0.15, 0.2) is 47.7 Å². The fraction of sp³-hybridized carbons (Fsp3) is 0.375. The number of hydrogen-bond donors (Lipinski definition) is 2. The number of rotatable bonds is 0. The molecule has 0 unspecified atom stereocenters. The summed E-state index contributed by atoms with van der Waals surface area (Å²) in [6.07, 6.45) is 8.13. The standard InChI is InChI=1S/C13H13N.C2H6.CH5N/c1-3-7-12-10(5-1)9-11-6-2-4-8-13(11)14-12;2*1-2/h1,3,5-8,14H,2,4,9H2;1-2H3;2H2,1H3. The predicted molar refractivity (Wildman–Crippen MR) is 80.6 cm³/mol. The number of nitrogens with two attached hydrogens (primary N) is 1. The molecule has 0 atom stereocenters. The first-order chi connectivity index (χ1) is 8.93. The van der Waals surface area contributed by atoms with Crippen molar-refractivity contribution in [3.8, 4) is 0 Å². The van der Waals surface area contributed by atoms with Crippen LogP contribution in [0, 0.1) is 0 Å². The van der Waals surface area contributed by atoms with Gasteiger partial charge < -0.3 is 11.1 Å². The van der Waals surface area contributed by atoms with Crippen LogP contribution in [0.2, 0.25) is 0 Å². The van der Waals surface area contributed by atoms with Gasteiger partial charge in [0.2, 0.25) is 0 Å². The molecule has 2 aliphatic rings. The summed E-state index contributed by atoms with van der Waals surface area (Å²) in [6, 6.07) is 8.55. The third kappa shape index (κ3) is 3.23.